The van der Waals surface area contributed by atoms with Crippen molar-refractivity contribution in [3.05, 3.63) is 58.9 Å². The number of aryl methyl sites for hydroxylation is 1. The normalized spacial score (nSPS) is 13.0. The standard InChI is InChI=1S/C22H28FN3O3.HI/c1-3-24-22(26-10-11-28-20-6-4-16(2)5-7-20)25-9-8-17-12-19(23)13-18-14-27-15-29-21(17)18;/h4-7,12-13H,3,8-11,14-15H2,1-2H3,(H2,24,25,26);1H. The molecular formula is C22H29FIN3O3. The van der Waals surface area contributed by atoms with Crippen molar-refractivity contribution < 1.29 is 18.6 Å². The highest BCUT2D eigenvalue weighted by atomic mass is 127. The quantitative estimate of drug-likeness (QED) is 0.236. The van der Waals surface area contributed by atoms with Crippen LogP contribution in [0.5, 0.6) is 11.5 Å². The fourth-order valence-corrected chi connectivity index (χ4v) is 3.05. The summed E-state index contributed by atoms with van der Waals surface area (Å²) < 4.78 is 30.4. The third-order valence-electron chi connectivity index (χ3n) is 4.43. The maximum absolute atomic E-state index is 13.8. The van der Waals surface area contributed by atoms with Gasteiger partial charge in [-0.3, -0.25) is 4.99 Å². The van der Waals surface area contributed by atoms with Gasteiger partial charge in [-0.05, 0) is 50.1 Å². The van der Waals surface area contributed by atoms with Crippen LogP contribution >= 0.6 is 24.0 Å². The summed E-state index contributed by atoms with van der Waals surface area (Å²) >= 11 is 0. The Bertz CT molecular complexity index is 831. The average molecular weight is 529 g/mol. The van der Waals surface area contributed by atoms with Crippen LogP contribution in [0.2, 0.25) is 0 Å². The smallest absolute Gasteiger partial charge is 0.191 e. The number of ether oxygens (including phenoxy) is 3. The summed E-state index contributed by atoms with van der Waals surface area (Å²) in [6.07, 6.45) is 0.580. The van der Waals surface area contributed by atoms with Crippen LogP contribution in [0.4, 0.5) is 4.39 Å². The molecule has 8 heteroatoms. The fraction of sp³-hybridized carbons (Fsp3) is 0.409. The number of aliphatic imine (C=N–C) groups is 1. The molecule has 0 aliphatic carbocycles. The van der Waals surface area contributed by atoms with E-state index in [1.54, 1.807) is 0 Å². The third-order valence-corrected chi connectivity index (χ3v) is 4.43. The van der Waals surface area contributed by atoms with Crippen molar-refractivity contribution in [2.75, 3.05) is 33.0 Å². The SMILES string of the molecule is CCNC(=NCCc1cc(F)cc2c1OCOC2)NCCOc1ccc(C)cc1.I. The Morgan fingerprint density at radius 2 is 2.00 bits per heavy atom. The second kappa shape index (κ2) is 12.6. The van der Waals surface area contributed by atoms with Crippen molar-refractivity contribution in [1.29, 1.82) is 0 Å². The molecule has 1 heterocycles. The highest BCUT2D eigenvalue weighted by molar-refractivity contribution is 14.0. The number of rotatable bonds is 8. The first-order valence-electron chi connectivity index (χ1n) is 9.89. The van der Waals surface area contributed by atoms with Crippen molar-refractivity contribution in [2.45, 2.75) is 26.9 Å². The maximum atomic E-state index is 13.8. The lowest BCUT2D eigenvalue weighted by Crippen LogP contribution is -2.39. The molecule has 2 N–H and O–H groups in total. The van der Waals surface area contributed by atoms with Crippen molar-refractivity contribution in [3.63, 3.8) is 0 Å². The van der Waals surface area contributed by atoms with Gasteiger partial charge in [0, 0.05) is 18.7 Å². The molecule has 1 aliphatic heterocycles. The van der Waals surface area contributed by atoms with Crippen LogP contribution < -0.4 is 20.1 Å². The highest BCUT2D eigenvalue weighted by Crippen LogP contribution is 2.29. The van der Waals surface area contributed by atoms with Gasteiger partial charge < -0.3 is 24.8 Å². The van der Waals surface area contributed by atoms with Crippen LogP contribution in [0, 0.1) is 12.7 Å². The molecule has 0 aromatic heterocycles. The third kappa shape index (κ3) is 7.32. The Hall–Kier alpha value is -2.07. The molecular weight excluding hydrogens is 500 g/mol. The molecule has 164 valence electrons. The first kappa shape index (κ1) is 24.2. The second-order valence-corrected chi connectivity index (χ2v) is 6.76. The van der Waals surface area contributed by atoms with Crippen molar-refractivity contribution in [1.82, 2.24) is 10.6 Å². The zero-order chi connectivity index (χ0) is 20.5. The predicted octanol–water partition coefficient (Wildman–Crippen LogP) is 3.80. The van der Waals surface area contributed by atoms with Gasteiger partial charge in [-0.15, -0.1) is 24.0 Å². The molecule has 1 aliphatic rings. The summed E-state index contributed by atoms with van der Waals surface area (Å²) in [7, 11) is 0. The Kier molecular flexibility index (Phi) is 10.2. The molecule has 0 bridgehead atoms. The summed E-state index contributed by atoms with van der Waals surface area (Å²) in [6, 6.07) is 10.9. The van der Waals surface area contributed by atoms with E-state index in [2.05, 4.69) is 15.6 Å². The van der Waals surface area contributed by atoms with Crippen LogP contribution in [-0.4, -0.2) is 39.0 Å². The van der Waals surface area contributed by atoms with Gasteiger partial charge >= 0.3 is 0 Å². The topological polar surface area (TPSA) is 64.1 Å². The molecule has 0 amide bonds. The molecule has 0 atom stereocenters. The number of hydrogen-bond acceptors (Lipinski definition) is 4. The van der Waals surface area contributed by atoms with Crippen LogP contribution in [0.15, 0.2) is 41.4 Å². The molecule has 0 saturated heterocycles. The van der Waals surface area contributed by atoms with Crippen LogP contribution in [0.1, 0.15) is 23.6 Å². The minimum atomic E-state index is -0.282. The van der Waals surface area contributed by atoms with E-state index < -0.39 is 0 Å². The van der Waals surface area contributed by atoms with E-state index in [0.717, 1.165) is 29.2 Å². The lowest BCUT2D eigenvalue weighted by molar-refractivity contribution is -0.0172. The Balaban J connectivity index is 0.00000320. The predicted molar refractivity (Wildman–Crippen MR) is 126 cm³/mol. The molecule has 0 unspecified atom stereocenters. The van der Waals surface area contributed by atoms with Crippen molar-refractivity contribution in [3.8, 4) is 11.5 Å². The lowest BCUT2D eigenvalue weighted by atomic mass is 10.1. The lowest BCUT2D eigenvalue weighted by Gasteiger charge is -2.20. The van der Waals surface area contributed by atoms with E-state index in [4.69, 9.17) is 14.2 Å². The van der Waals surface area contributed by atoms with Crippen LogP contribution in [0.3, 0.4) is 0 Å². The Labute approximate surface area is 194 Å². The molecule has 30 heavy (non-hydrogen) atoms. The molecule has 2 aromatic rings. The van der Waals surface area contributed by atoms with E-state index in [-0.39, 0.29) is 36.6 Å². The van der Waals surface area contributed by atoms with E-state index in [1.165, 1.54) is 17.7 Å². The maximum Gasteiger partial charge on any atom is 0.191 e. The summed E-state index contributed by atoms with van der Waals surface area (Å²) in [4.78, 5) is 4.57. The van der Waals surface area contributed by atoms with Gasteiger partial charge in [-0.25, -0.2) is 4.39 Å². The fourth-order valence-electron chi connectivity index (χ4n) is 3.05. The number of guanidine groups is 1. The number of fused-ring (bicyclic) bond motifs is 1. The second-order valence-electron chi connectivity index (χ2n) is 6.76. The summed E-state index contributed by atoms with van der Waals surface area (Å²) in [5, 5.41) is 6.46. The minimum absolute atomic E-state index is 0. The Morgan fingerprint density at radius 3 is 2.77 bits per heavy atom. The highest BCUT2D eigenvalue weighted by Gasteiger charge is 2.16. The molecule has 0 radical (unpaired) electrons. The van der Waals surface area contributed by atoms with Gasteiger partial charge in [-0.2, -0.15) is 0 Å². The van der Waals surface area contributed by atoms with Gasteiger partial charge in [-0.1, -0.05) is 17.7 Å². The van der Waals surface area contributed by atoms with Gasteiger partial charge in [0.25, 0.3) is 0 Å². The number of nitrogens with zero attached hydrogens (tertiary/aromatic N) is 1. The number of hydrogen-bond donors (Lipinski definition) is 2. The van der Waals surface area contributed by atoms with Crippen molar-refractivity contribution >= 4 is 29.9 Å². The first-order chi connectivity index (χ1) is 14.2. The molecule has 0 spiro atoms. The number of nitrogens with one attached hydrogen (secondary N) is 2. The first-order valence-corrected chi connectivity index (χ1v) is 9.89. The van der Waals surface area contributed by atoms with E-state index in [9.17, 15) is 4.39 Å². The van der Waals surface area contributed by atoms with E-state index >= 15 is 0 Å². The number of halogens is 2. The summed E-state index contributed by atoms with van der Waals surface area (Å²) in [6.45, 7) is 7.03. The van der Waals surface area contributed by atoms with Gasteiger partial charge in [0.15, 0.2) is 12.8 Å². The molecule has 0 saturated carbocycles. The van der Waals surface area contributed by atoms with Gasteiger partial charge in [0.1, 0.15) is 23.9 Å². The zero-order valence-electron chi connectivity index (χ0n) is 17.4. The molecule has 2 aromatic carbocycles. The van der Waals surface area contributed by atoms with Gasteiger partial charge in [0.05, 0.1) is 13.2 Å². The van der Waals surface area contributed by atoms with Crippen LogP contribution in [0.25, 0.3) is 0 Å². The monoisotopic (exact) mass is 529 g/mol. The minimum Gasteiger partial charge on any atom is -0.492 e. The number of benzene rings is 2. The van der Waals surface area contributed by atoms with Crippen molar-refractivity contribution in [2.24, 2.45) is 4.99 Å². The van der Waals surface area contributed by atoms with Gasteiger partial charge in [0.2, 0.25) is 0 Å². The van der Waals surface area contributed by atoms with E-state index in [0.29, 0.717) is 38.7 Å². The molecule has 6 nitrogen and oxygen atoms in total. The average Bonchev–Trinajstić information content (AvgIpc) is 2.72. The summed E-state index contributed by atoms with van der Waals surface area (Å²) in [5.74, 6) is 1.99. The molecule has 3 rings (SSSR count). The zero-order valence-corrected chi connectivity index (χ0v) is 19.7. The van der Waals surface area contributed by atoms with Crippen LogP contribution in [-0.2, 0) is 17.8 Å². The largest absolute Gasteiger partial charge is 0.492 e. The van der Waals surface area contributed by atoms with E-state index in [1.807, 2.05) is 38.1 Å². The summed E-state index contributed by atoms with van der Waals surface area (Å²) in [5.41, 5.74) is 2.76. The molecule has 0 fully saturated rings. The Morgan fingerprint density at radius 1 is 1.20 bits per heavy atom.